The fourth-order valence-electron chi connectivity index (χ4n) is 1.86. The minimum atomic E-state index is -0.993. The molecule has 20 heavy (non-hydrogen) atoms. The summed E-state index contributed by atoms with van der Waals surface area (Å²) in [6.45, 7) is 0. The van der Waals surface area contributed by atoms with Gasteiger partial charge in [0.15, 0.2) is 0 Å². The molecule has 5 nitrogen and oxygen atoms in total. The fourth-order valence-corrected chi connectivity index (χ4v) is 1.86. The maximum atomic E-state index is 10.7. The first-order valence-corrected chi connectivity index (χ1v) is 6.04. The molecule has 2 aromatic heterocycles. The number of carboxylic acids is 1. The molecule has 0 aliphatic rings. The number of carboxylic acid groups (broad SMARTS) is 1. The second-order valence-corrected chi connectivity index (χ2v) is 4.25. The number of hydrogen-bond acceptors (Lipinski definition) is 4. The summed E-state index contributed by atoms with van der Waals surface area (Å²) in [7, 11) is 0. The van der Waals surface area contributed by atoms with E-state index in [0.717, 1.165) is 10.9 Å². The Labute approximate surface area is 114 Å². The molecule has 2 heterocycles. The Hall–Kier alpha value is -2.95. The van der Waals surface area contributed by atoms with Crippen molar-refractivity contribution in [2.45, 2.75) is 0 Å². The summed E-state index contributed by atoms with van der Waals surface area (Å²) in [6, 6.07) is 14.8. The van der Waals surface area contributed by atoms with E-state index in [9.17, 15) is 4.79 Å². The van der Waals surface area contributed by atoms with Gasteiger partial charge in [-0.25, -0.2) is 14.8 Å². The number of nitrogens with zero attached hydrogens (tertiary/aromatic N) is 2. The number of nitrogens with one attached hydrogen (secondary N) is 1. The maximum Gasteiger partial charge on any atom is 0.337 e. The number of carbonyl (C=O) groups is 1. The average molecular weight is 265 g/mol. The largest absolute Gasteiger partial charge is 0.478 e. The second kappa shape index (κ2) is 4.97. The van der Waals surface area contributed by atoms with Gasteiger partial charge in [-0.05, 0) is 30.3 Å². The van der Waals surface area contributed by atoms with Crippen molar-refractivity contribution in [3.05, 3.63) is 60.3 Å². The van der Waals surface area contributed by atoms with Gasteiger partial charge in [0.2, 0.25) is 0 Å². The van der Waals surface area contributed by atoms with Crippen LogP contribution in [0.2, 0.25) is 0 Å². The van der Waals surface area contributed by atoms with Gasteiger partial charge in [0.05, 0.1) is 11.1 Å². The van der Waals surface area contributed by atoms with Gasteiger partial charge in [-0.15, -0.1) is 0 Å². The van der Waals surface area contributed by atoms with E-state index < -0.39 is 5.97 Å². The van der Waals surface area contributed by atoms with E-state index in [4.69, 9.17) is 5.11 Å². The van der Waals surface area contributed by atoms with Crippen LogP contribution in [-0.2, 0) is 0 Å². The summed E-state index contributed by atoms with van der Waals surface area (Å²) in [4.78, 5) is 19.2. The third-order valence-corrected chi connectivity index (χ3v) is 2.86. The highest BCUT2D eigenvalue weighted by molar-refractivity contribution is 5.87. The predicted molar refractivity (Wildman–Crippen MR) is 76.2 cm³/mol. The molecule has 3 aromatic rings. The molecule has 0 amide bonds. The standard InChI is InChI=1S/C15H11N3O2/c19-15(20)11-6-7-13(16-9-11)18-14-8-5-10-3-1-2-4-12(10)17-14/h1-9H,(H,19,20)(H,16,17,18). The molecule has 3 rings (SSSR count). The van der Waals surface area contributed by atoms with Crippen LogP contribution in [-0.4, -0.2) is 21.0 Å². The van der Waals surface area contributed by atoms with Crippen LogP contribution >= 0.6 is 0 Å². The number of rotatable bonds is 3. The lowest BCUT2D eigenvalue weighted by molar-refractivity contribution is 0.0696. The summed E-state index contributed by atoms with van der Waals surface area (Å²) in [5.74, 6) is 0.227. The smallest absolute Gasteiger partial charge is 0.337 e. The van der Waals surface area contributed by atoms with Gasteiger partial charge >= 0.3 is 5.97 Å². The van der Waals surface area contributed by atoms with Crippen molar-refractivity contribution >= 4 is 28.5 Å². The van der Waals surface area contributed by atoms with Gasteiger partial charge in [-0.3, -0.25) is 0 Å². The van der Waals surface area contributed by atoms with E-state index in [1.165, 1.54) is 12.3 Å². The summed E-state index contributed by atoms with van der Waals surface area (Å²) >= 11 is 0. The Balaban J connectivity index is 1.87. The van der Waals surface area contributed by atoms with Crippen LogP contribution in [0.15, 0.2) is 54.7 Å². The number of hydrogen-bond donors (Lipinski definition) is 2. The van der Waals surface area contributed by atoms with Crippen molar-refractivity contribution in [1.82, 2.24) is 9.97 Å². The van der Waals surface area contributed by atoms with Crippen LogP contribution < -0.4 is 5.32 Å². The Morgan fingerprint density at radius 1 is 1.00 bits per heavy atom. The summed E-state index contributed by atoms with van der Waals surface area (Å²) in [5.41, 5.74) is 1.04. The van der Waals surface area contributed by atoms with E-state index >= 15 is 0 Å². The zero-order valence-corrected chi connectivity index (χ0v) is 10.4. The van der Waals surface area contributed by atoms with Crippen LogP contribution in [0.4, 0.5) is 11.6 Å². The van der Waals surface area contributed by atoms with Crippen LogP contribution in [0.5, 0.6) is 0 Å². The van der Waals surface area contributed by atoms with Crippen molar-refractivity contribution in [3.63, 3.8) is 0 Å². The Bertz CT molecular complexity index is 769. The maximum absolute atomic E-state index is 10.7. The van der Waals surface area contributed by atoms with Crippen molar-refractivity contribution in [3.8, 4) is 0 Å². The lowest BCUT2D eigenvalue weighted by Crippen LogP contribution is -2.00. The second-order valence-electron chi connectivity index (χ2n) is 4.25. The zero-order valence-electron chi connectivity index (χ0n) is 10.4. The van der Waals surface area contributed by atoms with Crippen LogP contribution in [0.1, 0.15) is 10.4 Å². The number of aromatic nitrogens is 2. The molecule has 2 N–H and O–H groups in total. The quantitative estimate of drug-likeness (QED) is 0.761. The van der Waals surface area contributed by atoms with Gasteiger partial charge in [-0.2, -0.15) is 0 Å². The molecule has 0 aliphatic heterocycles. The monoisotopic (exact) mass is 265 g/mol. The van der Waals surface area contributed by atoms with Gasteiger partial charge in [0.1, 0.15) is 11.6 Å². The molecule has 0 radical (unpaired) electrons. The topological polar surface area (TPSA) is 75.1 Å². The molecule has 0 saturated heterocycles. The first kappa shape index (κ1) is 12.1. The Kier molecular flexibility index (Phi) is 3.01. The number of aromatic carboxylic acids is 1. The van der Waals surface area contributed by atoms with Gasteiger partial charge in [0, 0.05) is 11.6 Å². The van der Waals surface area contributed by atoms with E-state index in [1.54, 1.807) is 6.07 Å². The van der Waals surface area contributed by atoms with Crippen LogP contribution in [0, 0.1) is 0 Å². The molecule has 1 aromatic carbocycles. The molecule has 0 atom stereocenters. The Morgan fingerprint density at radius 2 is 1.80 bits per heavy atom. The van der Waals surface area contributed by atoms with E-state index in [0.29, 0.717) is 11.6 Å². The van der Waals surface area contributed by atoms with Crippen molar-refractivity contribution in [2.24, 2.45) is 0 Å². The SMILES string of the molecule is O=C(O)c1ccc(Nc2ccc3ccccc3n2)nc1. The molecular formula is C15H11N3O2. The molecule has 0 unspecified atom stereocenters. The highest BCUT2D eigenvalue weighted by atomic mass is 16.4. The van der Waals surface area contributed by atoms with Crippen LogP contribution in [0.3, 0.4) is 0 Å². The molecule has 5 heteroatoms. The van der Waals surface area contributed by atoms with E-state index in [-0.39, 0.29) is 5.56 Å². The van der Waals surface area contributed by atoms with Crippen molar-refractivity contribution < 1.29 is 9.90 Å². The summed E-state index contributed by atoms with van der Waals surface area (Å²) in [6.07, 6.45) is 1.31. The molecule has 0 bridgehead atoms. The van der Waals surface area contributed by atoms with Crippen molar-refractivity contribution in [1.29, 1.82) is 0 Å². The lowest BCUT2D eigenvalue weighted by Gasteiger charge is -2.06. The third kappa shape index (κ3) is 2.42. The number of para-hydroxylation sites is 1. The van der Waals surface area contributed by atoms with Gasteiger partial charge < -0.3 is 10.4 Å². The van der Waals surface area contributed by atoms with Crippen LogP contribution in [0.25, 0.3) is 10.9 Å². The van der Waals surface area contributed by atoms with Gasteiger partial charge in [0.25, 0.3) is 0 Å². The number of fused-ring (bicyclic) bond motifs is 1. The lowest BCUT2D eigenvalue weighted by atomic mass is 10.2. The zero-order chi connectivity index (χ0) is 13.9. The molecular weight excluding hydrogens is 254 g/mol. The number of pyridine rings is 2. The molecule has 0 spiro atoms. The predicted octanol–water partition coefficient (Wildman–Crippen LogP) is 3.07. The molecule has 0 saturated carbocycles. The highest BCUT2D eigenvalue weighted by Gasteiger charge is 2.04. The van der Waals surface area contributed by atoms with Gasteiger partial charge in [-0.1, -0.05) is 18.2 Å². The normalized spacial score (nSPS) is 10.4. The third-order valence-electron chi connectivity index (χ3n) is 2.86. The van der Waals surface area contributed by atoms with E-state index in [2.05, 4.69) is 15.3 Å². The average Bonchev–Trinajstić information content (AvgIpc) is 2.48. The Morgan fingerprint density at radius 3 is 2.55 bits per heavy atom. The van der Waals surface area contributed by atoms with Crippen molar-refractivity contribution in [2.75, 3.05) is 5.32 Å². The molecule has 0 aliphatic carbocycles. The minimum absolute atomic E-state index is 0.155. The molecule has 0 fully saturated rings. The first-order valence-electron chi connectivity index (χ1n) is 6.04. The highest BCUT2D eigenvalue weighted by Crippen LogP contribution is 2.17. The minimum Gasteiger partial charge on any atom is -0.478 e. The number of benzene rings is 1. The van der Waals surface area contributed by atoms with E-state index in [1.807, 2.05) is 36.4 Å². The summed E-state index contributed by atoms with van der Waals surface area (Å²) in [5, 5.41) is 12.9. The number of anilines is 2. The fraction of sp³-hybridized carbons (Fsp3) is 0. The summed E-state index contributed by atoms with van der Waals surface area (Å²) < 4.78 is 0. The molecule has 98 valence electrons. The first-order chi connectivity index (χ1) is 9.72.